The predicted molar refractivity (Wildman–Crippen MR) is 137 cm³/mol. The number of ether oxygens (including phenoxy) is 2. The summed E-state index contributed by atoms with van der Waals surface area (Å²) < 4.78 is 13.0. The second-order valence-corrected chi connectivity index (χ2v) is 10.0. The third-order valence-corrected chi connectivity index (χ3v) is 7.61. The van der Waals surface area contributed by atoms with Gasteiger partial charge in [-0.05, 0) is 62.4 Å². The normalized spacial score (nSPS) is 20.7. The van der Waals surface area contributed by atoms with Gasteiger partial charge in [0.05, 0.1) is 42.4 Å². The molecule has 3 heterocycles. The maximum Gasteiger partial charge on any atom is 0.414 e. The number of halogens is 1. The van der Waals surface area contributed by atoms with Crippen molar-refractivity contribution >= 4 is 40.4 Å². The zero-order chi connectivity index (χ0) is 25.4. The minimum absolute atomic E-state index is 0.0111. The summed E-state index contributed by atoms with van der Waals surface area (Å²) in [5, 5.41) is 10.7. The summed E-state index contributed by atoms with van der Waals surface area (Å²) >= 11 is 6.04. The highest BCUT2D eigenvalue weighted by atomic mass is 35.5. The van der Waals surface area contributed by atoms with Crippen LogP contribution in [0.25, 0.3) is 11.0 Å². The monoisotopic (exact) mass is 511 g/mol. The molecule has 9 heteroatoms. The summed E-state index contributed by atoms with van der Waals surface area (Å²) in [5.41, 5.74) is 4.23. The van der Waals surface area contributed by atoms with Crippen molar-refractivity contribution in [2.24, 2.45) is 0 Å². The zero-order valence-corrected chi connectivity index (χ0v) is 21.2. The van der Waals surface area contributed by atoms with Crippen LogP contribution < -0.4 is 4.90 Å². The molecular formula is C27H30ClN3O5. The van der Waals surface area contributed by atoms with E-state index < -0.39 is 18.0 Å². The Kier molecular flexibility index (Phi) is 6.90. The van der Waals surface area contributed by atoms with Crippen LogP contribution in [0.5, 0.6) is 0 Å². The van der Waals surface area contributed by atoms with E-state index in [2.05, 4.69) is 4.57 Å². The van der Waals surface area contributed by atoms with Gasteiger partial charge in [-0.15, -0.1) is 0 Å². The first-order valence-corrected chi connectivity index (χ1v) is 12.7. The van der Waals surface area contributed by atoms with Crippen molar-refractivity contribution in [2.75, 3.05) is 25.2 Å². The van der Waals surface area contributed by atoms with Crippen LogP contribution in [0, 0.1) is 0 Å². The molecule has 36 heavy (non-hydrogen) atoms. The van der Waals surface area contributed by atoms with Gasteiger partial charge in [-0.2, -0.15) is 0 Å². The van der Waals surface area contributed by atoms with E-state index in [0.717, 1.165) is 54.6 Å². The van der Waals surface area contributed by atoms with Crippen molar-refractivity contribution in [3.8, 4) is 0 Å². The second-order valence-electron chi connectivity index (χ2n) is 9.57. The van der Waals surface area contributed by atoms with Crippen LogP contribution in [0.15, 0.2) is 36.4 Å². The highest BCUT2D eigenvalue weighted by Crippen LogP contribution is 2.39. The van der Waals surface area contributed by atoms with Crippen molar-refractivity contribution in [1.82, 2.24) is 9.55 Å². The maximum absolute atomic E-state index is 12.6. The molecule has 3 aromatic rings. The highest BCUT2D eigenvalue weighted by molar-refractivity contribution is 6.30. The third-order valence-electron chi connectivity index (χ3n) is 7.36. The Morgan fingerprint density at radius 1 is 1.22 bits per heavy atom. The Morgan fingerprint density at radius 3 is 2.67 bits per heavy atom. The van der Waals surface area contributed by atoms with Crippen LogP contribution in [0.2, 0.25) is 5.02 Å². The van der Waals surface area contributed by atoms with Gasteiger partial charge >= 0.3 is 12.1 Å². The summed E-state index contributed by atoms with van der Waals surface area (Å²) in [7, 11) is 1.39. The second kappa shape index (κ2) is 10.1. The molecule has 0 bridgehead atoms. The van der Waals surface area contributed by atoms with Gasteiger partial charge in [-0.3, -0.25) is 9.69 Å². The van der Waals surface area contributed by atoms with E-state index >= 15 is 0 Å². The van der Waals surface area contributed by atoms with E-state index in [1.807, 2.05) is 19.1 Å². The van der Waals surface area contributed by atoms with Crippen molar-refractivity contribution < 1.29 is 24.2 Å². The van der Waals surface area contributed by atoms with E-state index in [4.69, 9.17) is 26.1 Å². The Balaban J connectivity index is 1.64. The first kappa shape index (κ1) is 24.6. The maximum atomic E-state index is 12.6. The summed E-state index contributed by atoms with van der Waals surface area (Å²) in [6.07, 6.45) is 3.27. The summed E-state index contributed by atoms with van der Waals surface area (Å²) in [4.78, 5) is 31.7. The lowest BCUT2D eigenvalue weighted by Gasteiger charge is -2.34. The molecule has 1 N–H and O–H groups in total. The lowest BCUT2D eigenvalue weighted by atomic mass is 9.95. The number of hydrogen-bond donors (Lipinski definition) is 1. The van der Waals surface area contributed by atoms with E-state index in [0.29, 0.717) is 23.0 Å². The first-order chi connectivity index (χ1) is 17.4. The van der Waals surface area contributed by atoms with Crippen LogP contribution in [0.4, 0.5) is 10.5 Å². The lowest BCUT2D eigenvalue weighted by Crippen LogP contribution is -2.42. The highest BCUT2D eigenvalue weighted by Gasteiger charge is 2.33. The van der Waals surface area contributed by atoms with Gasteiger partial charge in [0.15, 0.2) is 0 Å². The van der Waals surface area contributed by atoms with Gasteiger partial charge in [0.25, 0.3) is 0 Å². The number of nitrogens with zero attached hydrogens (tertiary/aromatic N) is 3. The molecule has 1 amide bonds. The molecule has 1 fully saturated rings. The number of aryl methyl sites for hydroxylation is 1. The molecule has 8 nitrogen and oxygen atoms in total. The number of imidazole rings is 1. The molecule has 0 unspecified atom stereocenters. The lowest BCUT2D eigenvalue weighted by molar-refractivity contribution is -0.138. The quantitative estimate of drug-likeness (QED) is 0.495. The average Bonchev–Trinajstić information content (AvgIpc) is 3.26. The predicted octanol–water partition coefficient (Wildman–Crippen LogP) is 5.36. The number of carbonyl (C=O) groups is 2. The van der Waals surface area contributed by atoms with E-state index in [1.165, 1.54) is 7.11 Å². The number of benzene rings is 2. The van der Waals surface area contributed by atoms with Gasteiger partial charge < -0.3 is 19.1 Å². The molecule has 1 aromatic heterocycles. The molecular weight excluding hydrogens is 482 g/mol. The van der Waals surface area contributed by atoms with Crippen molar-refractivity contribution in [1.29, 1.82) is 0 Å². The topological polar surface area (TPSA) is 93.9 Å². The summed E-state index contributed by atoms with van der Waals surface area (Å²) in [6, 6.07) is 11.0. The number of aromatic nitrogens is 2. The zero-order valence-electron chi connectivity index (χ0n) is 20.4. The number of methoxy groups -OCH3 is 1. The van der Waals surface area contributed by atoms with Crippen LogP contribution in [-0.4, -0.2) is 53.1 Å². The largest absolute Gasteiger partial charge is 0.481 e. The molecule has 2 aliphatic heterocycles. The number of carbonyl (C=O) groups excluding carboxylic acids is 1. The van der Waals surface area contributed by atoms with Gasteiger partial charge in [0, 0.05) is 29.7 Å². The molecule has 0 radical (unpaired) electrons. The first-order valence-electron chi connectivity index (χ1n) is 12.3. The molecule has 2 aromatic carbocycles. The Morgan fingerprint density at radius 2 is 2.00 bits per heavy atom. The van der Waals surface area contributed by atoms with Gasteiger partial charge in [0.1, 0.15) is 5.82 Å². The van der Waals surface area contributed by atoms with Crippen molar-refractivity contribution in [2.45, 2.75) is 57.0 Å². The fourth-order valence-corrected chi connectivity index (χ4v) is 5.65. The Labute approximate surface area is 214 Å². The van der Waals surface area contributed by atoms with E-state index in [1.54, 1.807) is 29.2 Å². The van der Waals surface area contributed by atoms with Gasteiger partial charge in [-0.1, -0.05) is 23.7 Å². The molecule has 1 saturated heterocycles. The standard InChI is InChI=1S/C27H30ClN3O5/c1-16-5-10-20-22(30(16)27(34)35-2)11-12-23-25(20)29-24(31(23)19-4-3-13-36-15-19)14-21(26(32)33)17-6-8-18(28)9-7-17/h6-9,11-12,16,19,21H,3-5,10,13-15H2,1-2H3,(H,32,33)/t16-,19-,21+/m0/s1. The fraction of sp³-hybridized carbons (Fsp3) is 0.444. The van der Waals surface area contributed by atoms with Crippen LogP contribution in [0.1, 0.15) is 55.1 Å². The molecule has 190 valence electrons. The molecule has 0 aliphatic carbocycles. The van der Waals surface area contributed by atoms with Crippen LogP contribution in [0.3, 0.4) is 0 Å². The third kappa shape index (κ3) is 4.44. The number of carboxylic acids is 1. The number of hydrogen-bond acceptors (Lipinski definition) is 5. The SMILES string of the molecule is COC(=O)N1c2ccc3c(nc(C[C@@H](C(=O)O)c4ccc(Cl)cc4)n3[C@H]3CCCOC3)c2CC[C@@H]1C. The number of fused-ring (bicyclic) bond motifs is 3. The number of amides is 1. The number of aliphatic carboxylic acids is 1. The Bertz CT molecular complexity index is 1280. The molecule has 2 aliphatic rings. The number of carboxylic acid groups (broad SMARTS) is 1. The van der Waals surface area contributed by atoms with Crippen LogP contribution >= 0.6 is 11.6 Å². The van der Waals surface area contributed by atoms with Crippen molar-refractivity contribution in [3.63, 3.8) is 0 Å². The summed E-state index contributed by atoms with van der Waals surface area (Å²) in [5.74, 6) is -0.979. The van der Waals surface area contributed by atoms with Crippen molar-refractivity contribution in [3.05, 3.63) is 58.4 Å². The number of rotatable bonds is 5. The molecule has 3 atom stereocenters. The smallest absolute Gasteiger partial charge is 0.414 e. The minimum atomic E-state index is -0.913. The number of anilines is 1. The molecule has 0 saturated carbocycles. The average molecular weight is 512 g/mol. The minimum Gasteiger partial charge on any atom is -0.481 e. The molecule has 5 rings (SSSR count). The van der Waals surface area contributed by atoms with E-state index in [-0.39, 0.29) is 18.5 Å². The van der Waals surface area contributed by atoms with E-state index in [9.17, 15) is 14.7 Å². The van der Waals surface area contributed by atoms with Crippen LogP contribution in [-0.2, 0) is 27.1 Å². The molecule has 0 spiro atoms. The summed E-state index contributed by atoms with van der Waals surface area (Å²) in [6.45, 7) is 3.29. The fourth-order valence-electron chi connectivity index (χ4n) is 5.53. The Hall–Kier alpha value is -3.10. The van der Waals surface area contributed by atoms with Gasteiger partial charge in [0.2, 0.25) is 0 Å². The van der Waals surface area contributed by atoms with Gasteiger partial charge in [-0.25, -0.2) is 9.78 Å².